The van der Waals surface area contributed by atoms with E-state index in [-0.39, 0.29) is 15.7 Å². The zero-order chi connectivity index (χ0) is 14.8. The van der Waals surface area contributed by atoms with Gasteiger partial charge in [-0.05, 0) is 32.4 Å². The molecule has 1 N–H and O–H groups in total. The predicted molar refractivity (Wildman–Crippen MR) is 73.1 cm³/mol. The third-order valence-corrected chi connectivity index (χ3v) is 4.71. The Balaban J connectivity index is 2.35. The topological polar surface area (TPSA) is 80.4 Å². The molecule has 0 aliphatic heterocycles. The highest BCUT2D eigenvalue weighted by Gasteiger charge is 2.25. The van der Waals surface area contributed by atoms with Crippen molar-refractivity contribution < 1.29 is 17.9 Å². The summed E-state index contributed by atoms with van der Waals surface area (Å²) in [7, 11) is -3.68. The zero-order valence-electron chi connectivity index (χ0n) is 11.4. The van der Waals surface area contributed by atoms with Gasteiger partial charge in [0.25, 0.3) is 0 Å². The van der Waals surface area contributed by atoms with Crippen molar-refractivity contribution in [1.82, 2.24) is 4.98 Å². The third kappa shape index (κ3) is 3.08. The summed E-state index contributed by atoms with van der Waals surface area (Å²) in [6.07, 6.45) is 1.36. The van der Waals surface area contributed by atoms with Crippen molar-refractivity contribution >= 4 is 9.84 Å². The summed E-state index contributed by atoms with van der Waals surface area (Å²) in [5.41, 5.74) is 0.985. The lowest BCUT2D eigenvalue weighted by Gasteiger charge is -2.05. The Bertz CT molecular complexity index is 671. The van der Waals surface area contributed by atoms with Crippen LogP contribution >= 0.6 is 0 Å². The predicted octanol–water partition coefficient (Wildman–Crippen LogP) is 2.13. The highest BCUT2D eigenvalue weighted by molar-refractivity contribution is 7.91. The first-order chi connectivity index (χ1) is 9.41. The number of benzene rings is 1. The maximum atomic E-state index is 12.5. The molecular formula is C14H17NO4S. The van der Waals surface area contributed by atoms with Gasteiger partial charge in [-0.3, -0.25) is 0 Å². The van der Waals surface area contributed by atoms with Crippen molar-refractivity contribution in [1.29, 1.82) is 0 Å². The standard InChI is InChI=1S/C14H17NO4S/c1-10-3-6-12(7-4-10)20(17,18)14-13(19-9-15-14)8-5-11(2)16/h3-4,6-7,9,11,16H,5,8H2,1-2H3. The molecule has 20 heavy (non-hydrogen) atoms. The van der Waals surface area contributed by atoms with Gasteiger partial charge >= 0.3 is 0 Å². The van der Waals surface area contributed by atoms with E-state index in [1.54, 1.807) is 31.2 Å². The Hall–Kier alpha value is -1.66. The normalized spacial score (nSPS) is 13.3. The largest absolute Gasteiger partial charge is 0.447 e. The monoisotopic (exact) mass is 295 g/mol. The Kier molecular flexibility index (Phi) is 4.25. The number of oxazole rings is 1. The Morgan fingerprint density at radius 3 is 2.55 bits per heavy atom. The lowest BCUT2D eigenvalue weighted by molar-refractivity contribution is 0.182. The molecular weight excluding hydrogens is 278 g/mol. The van der Waals surface area contributed by atoms with E-state index in [1.165, 1.54) is 0 Å². The summed E-state index contributed by atoms with van der Waals surface area (Å²) in [6, 6.07) is 6.58. The molecule has 2 aromatic rings. The third-order valence-electron chi connectivity index (χ3n) is 2.98. The summed E-state index contributed by atoms with van der Waals surface area (Å²) >= 11 is 0. The number of aliphatic hydroxyl groups excluding tert-OH is 1. The molecule has 0 aliphatic carbocycles. The Morgan fingerprint density at radius 1 is 1.30 bits per heavy atom. The smallest absolute Gasteiger partial charge is 0.227 e. The van der Waals surface area contributed by atoms with E-state index >= 15 is 0 Å². The second kappa shape index (κ2) is 5.76. The highest BCUT2D eigenvalue weighted by Crippen LogP contribution is 2.24. The molecule has 6 heteroatoms. The molecule has 5 nitrogen and oxygen atoms in total. The number of aliphatic hydroxyl groups is 1. The molecule has 0 spiro atoms. The van der Waals surface area contributed by atoms with Crippen LogP contribution in [0.2, 0.25) is 0 Å². The summed E-state index contributed by atoms with van der Waals surface area (Å²) in [4.78, 5) is 4.02. The first-order valence-corrected chi connectivity index (χ1v) is 7.82. The van der Waals surface area contributed by atoms with Gasteiger partial charge in [0.1, 0.15) is 5.76 Å². The minimum atomic E-state index is -3.68. The van der Waals surface area contributed by atoms with Gasteiger partial charge in [-0.2, -0.15) is 0 Å². The van der Waals surface area contributed by atoms with E-state index in [0.717, 1.165) is 12.0 Å². The SMILES string of the molecule is Cc1ccc(S(=O)(=O)c2ncoc2CCC(C)O)cc1. The number of hydrogen-bond acceptors (Lipinski definition) is 5. The Morgan fingerprint density at radius 2 is 1.95 bits per heavy atom. The summed E-state index contributed by atoms with van der Waals surface area (Å²) in [5, 5.41) is 9.21. The number of aryl methyl sites for hydroxylation is 2. The average molecular weight is 295 g/mol. The van der Waals surface area contributed by atoms with Crippen molar-refractivity contribution in [3.8, 4) is 0 Å². The maximum absolute atomic E-state index is 12.5. The Labute approximate surface area is 118 Å². The van der Waals surface area contributed by atoms with Gasteiger partial charge in [0, 0.05) is 6.42 Å². The van der Waals surface area contributed by atoms with Gasteiger partial charge in [-0.25, -0.2) is 13.4 Å². The van der Waals surface area contributed by atoms with Gasteiger partial charge in [0.2, 0.25) is 14.9 Å². The highest BCUT2D eigenvalue weighted by atomic mass is 32.2. The minimum absolute atomic E-state index is 0.0676. The molecule has 0 saturated heterocycles. The summed E-state index contributed by atoms with van der Waals surface area (Å²) < 4.78 is 30.1. The molecule has 1 heterocycles. The van der Waals surface area contributed by atoms with Crippen LogP contribution < -0.4 is 0 Å². The zero-order valence-corrected chi connectivity index (χ0v) is 12.2. The van der Waals surface area contributed by atoms with E-state index in [4.69, 9.17) is 4.42 Å². The van der Waals surface area contributed by atoms with E-state index < -0.39 is 15.9 Å². The summed E-state index contributed by atoms with van der Waals surface area (Å²) in [6.45, 7) is 3.53. The van der Waals surface area contributed by atoms with Gasteiger partial charge in [0.05, 0.1) is 11.0 Å². The van der Waals surface area contributed by atoms with Crippen LogP contribution in [-0.2, 0) is 16.3 Å². The number of rotatable bonds is 5. The van der Waals surface area contributed by atoms with Crippen molar-refractivity contribution in [2.75, 3.05) is 0 Å². The lowest BCUT2D eigenvalue weighted by Crippen LogP contribution is -2.07. The molecule has 1 aromatic heterocycles. The lowest BCUT2D eigenvalue weighted by atomic mass is 10.2. The summed E-state index contributed by atoms with van der Waals surface area (Å²) in [5.74, 6) is 0.284. The number of sulfone groups is 1. The first-order valence-electron chi connectivity index (χ1n) is 6.33. The van der Waals surface area contributed by atoms with Crippen LogP contribution in [0.5, 0.6) is 0 Å². The van der Waals surface area contributed by atoms with Crippen molar-refractivity contribution in [3.05, 3.63) is 42.0 Å². The second-order valence-corrected chi connectivity index (χ2v) is 6.65. The van der Waals surface area contributed by atoms with Gasteiger partial charge in [-0.1, -0.05) is 17.7 Å². The van der Waals surface area contributed by atoms with Crippen molar-refractivity contribution in [2.45, 2.75) is 42.7 Å². The second-order valence-electron chi connectivity index (χ2n) is 4.78. The van der Waals surface area contributed by atoms with Crippen LogP contribution in [0.15, 0.2) is 45.0 Å². The first kappa shape index (κ1) is 14.7. The van der Waals surface area contributed by atoms with Crippen LogP contribution in [0, 0.1) is 6.92 Å². The fourth-order valence-corrected chi connectivity index (χ4v) is 3.16. The molecule has 0 aliphatic rings. The maximum Gasteiger partial charge on any atom is 0.227 e. The molecule has 0 saturated carbocycles. The minimum Gasteiger partial charge on any atom is -0.447 e. The number of nitrogens with zero attached hydrogens (tertiary/aromatic N) is 1. The molecule has 0 bridgehead atoms. The van der Waals surface area contributed by atoms with Gasteiger partial charge in [-0.15, -0.1) is 0 Å². The molecule has 0 amide bonds. The van der Waals surface area contributed by atoms with Crippen LogP contribution in [-0.4, -0.2) is 24.6 Å². The quantitative estimate of drug-likeness (QED) is 0.914. The van der Waals surface area contributed by atoms with Gasteiger partial charge in [0.15, 0.2) is 6.39 Å². The van der Waals surface area contributed by atoms with Crippen molar-refractivity contribution in [2.24, 2.45) is 0 Å². The van der Waals surface area contributed by atoms with E-state index in [2.05, 4.69) is 4.98 Å². The van der Waals surface area contributed by atoms with Crippen molar-refractivity contribution in [3.63, 3.8) is 0 Å². The van der Waals surface area contributed by atoms with Crippen LogP contribution in [0.25, 0.3) is 0 Å². The molecule has 1 aromatic carbocycles. The van der Waals surface area contributed by atoms with Crippen LogP contribution in [0.3, 0.4) is 0 Å². The average Bonchev–Trinajstić information content (AvgIpc) is 2.86. The van der Waals surface area contributed by atoms with E-state index in [0.29, 0.717) is 12.8 Å². The van der Waals surface area contributed by atoms with Gasteiger partial charge < -0.3 is 9.52 Å². The molecule has 108 valence electrons. The molecule has 1 atom stereocenters. The fourth-order valence-electron chi connectivity index (χ4n) is 1.81. The number of hydrogen-bond donors (Lipinski definition) is 1. The molecule has 0 radical (unpaired) electrons. The fraction of sp³-hybridized carbons (Fsp3) is 0.357. The molecule has 2 rings (SSSR count). The van der Waals surface area contributed by atoms with Crippen LogP contribution in [0.1, 0.15) is 24.7 Å². The van der Waals surface area contributed by atoms with E-state index in [1.807, 2.05) is 6.92 Å². The number of aromatic nitrogens is 1. The van der Waals surface area contributed by atoms with E-state index in [9.17, 15) is 13.5 Å². The molecule has 1 unspecified atom stereocenters. The molecule has 0 fully saturated rings. The van der Waals surface area contributed by atoms with Crippen LogP contribution in [0.4, 0.5) is 0 Å².